The van der Waals surface area contributed by atoms with Crippen molar-refractivity contribution in [3.63, 3.8) is 0 Å². The molecule has 0 saturated carbocycles. The van der Waals surface area contributed by atoms with Crippen molar-refractivity contribution in [2.75, 3.05) is 13.2 Å². The van der Waals surface area contributed by atoms with E-state index in [0.29, 0.717) is 5.56 Å². The summed E-state index contributed by atoms with van der Waals surface area (Å²) in [5.74, 6) is 0.926. The molecule has 0 unspecified atom stereocenters. The number of nitrogens with two attached hydrogens (primary N) is 1. The van der Waals surface area contributed by atoms with Gasteiger partial charge >= 0.3 is 0 Å². The Hall–Kier alpha value is -2.31. The van der Waals surface area contributed by atoms with Crippen LogP contribution in [0.15, 0.2) is 48.5 Å². The van der Waals surface area contributed by atoms with Crippen LogP contribution in [-0.4, -0.2) is 13.2 Å². The monoisotopic (exact) mass is 378 g/mol. The van der Waals surface area contributed by atoms with Crippen molar-refractivity contribution >= 4 is 0 Å². The van der Waals surface area contributed by atoms with E-state index < -0.39 is 0 Å². The van der Waals surface area contributed by atoms with Crippen LogP contribution in [0.2, 0.25) is 0 Å². The van der Waals surface area contributed by atoms with Crippen molar-refractivity contribution in [2.45, 2.75) is 64.2 Å². The van der Waals surface area contributed by atoms with Crippen LogP contribution in [0.4, 0.5) is 0 Å². The van der Waals surface area contributed by atoms with E-state index in [1.807, 2.05) is 36.4 Å². The summed E-state index contributed by atoms with van der Waals surface area (Å²) in [7, 11) is 0. The molecule has 28 heavy (non-hydrogen) atoms. The van der Waals surface area contributed by atoms with Crippen LogP contribution in [0.25, 0.3) is 11.1 Å². The highest BCUT2D eigenvalue weighted by Crippen LogP contribution is 2.23. The van der Waals surface area contributed by atoms with E-state index in [9.17, 15) is 0 Å². The van der Waals surface area contributed by atoms with Gasteiger partial charge in [-0.15, -0.1) is 0 Å². The minimum Gasteiger partial charge on any atom is -0.494 e. The lowest BCUT2D eigenvalue weighted by Gasteiger charge is -2.08. The molecule has 0 bridgehead atoms. The summed E-state index contributed by atoms with van der Waals surface area (Å²) in [5, 5.41) is 8.88. The quantitative estimate of drug-likeness (QED) is 0.384. The number of rotatable bonds is 14. The fraction of sp³-hybridized carbons (Fsp3) is 0.480. The number of nitriles is 1. The molecular weight excluding hydrogens is 344 g/mol. The lowest BCUT2D eigenvalue weighted by molar-refractivity contribution is 0.304. The van der Waals surface area contributed by atoms with Crippen molar-refractivity contribution in [3.8, 4) is 22.9 Å². The lowest BCUT2D eigenvalue weighted by atomic mass is 10.0. The standard InChI is InChI=1S/C25H34N2O/c26-19-9-7-5-3-1-2-4-6-8-10-20-28-25-17-15-24(16-18-25)23-13-11-22(21-27)12-14-23/h11-18H,1-10,19-20,26H2. The Labute approximate surface area is 170 Å². The van der Waals surface area contributed by atoms with Gasteiger partial charge in [0.2, 0.25) is 0 Å². The molecule has 0 aliphatic rings. The van der Waals surface area contributed by atoms with Crippen LogP contribution in [0, 0.1) is 11.3 Å². The third-order valence-corrected chi connectivity index (χ3v) is 5.07. The molecule has 2 rings (SSSR count). The molecular formula is C25H34N2O. The molecule has 2 N–H and O–H groups in total. The van der Waals surface area contributed by atoms with E-state index in [4.69, 9.17) is 15.7 Å². The summed E-state index contributed by atoms with van der Waals surface area (Å²) in [6, 6.07) is 18.0. The summed E-state index contributed by atoms with van der Waals surface area (Å²) in [6.45, 7) is 1.62. The van der Waals surface area contributed by atoms with E-state index in [0.717, 1.165) is 36.4 Å². The van der Waals surface area contributed by atoms with Crippen LogP contribution < -0.4 is 10.5 Å². The van der Waals surface area contributed by atoms with Gasteiger partial charge in [0, 0.05) is 0 Å². The van der Waals surface area contributed by atoms with Gasteiger partial charge in [-0.3, -0.25) is 0 Å². The molecule has 0 radical (unpaired) electrons. The molecule has 0 spiro atoms. The molecule has 150 valence electrons. The average molecular weight is 379 g/mol. The molecule has 2 aromatic rings. The Morgan fingerprint density at radius 3 is 1.61 bits per heavy atom. The highest BCUT2D eigenvalue weighted by Gasteiger charge is 2.00. The molecule has 0 fully saturated rings. The molecule has 0 amide bonds. The van der Waals surface area contributed by atoms with Crippen molar-refractivity contribution in [2.24, 2.45) is 5.73 Å². The predicted molar refractivity (Wildman–Crippen MR) is 117 cm³/mol. The molecule has 0 aliphatic carbocycles. The maximum absolute atomic E-state index is 8.88. The topological polar surface area (TPSA) is 59.0 Å². The zero-order valence-corrected chi connectivity index (χ0v) is 17.0. The van der Waals surface area contributed by atoms with Crippen LogP contribution in [0.3, 0.4) is 0 Å². The zero-order valence-electron chi connectivity index (χ0n) is 17.0. The van der Waals surface area contributed by atoms with E-state index in [1.54, 1.807) is 0 Å². The van der Waals surface area contributed by atoms with Crippen LogP contribution in [0.5, 0.6) is 5.75 Å². The summed E-state index contributed by atoms with van der Waals surface area (Å²) in [5.41, 5.74) is 8.45. The van der Waals surface area contributed by atoms with E-state index in [2.05, 4.69) is 18.2 Å². The number of ether oxygens (including phenoxy) is 1. The maximum atomic E-state index is 8.88. The first-order valence-electron chi connectivity index (χ1n) is 10.8. The van der Waals surface area contributed by atoms with Gasteiger partial charge in [0.05, 0.1) is 18.2 Å². The maximum Gasteiger partial charge on any atom is 0.119 e. The third-order valence-electron chi connectivity index (χ3n) is 5.07. The molecule has 0 saturated heterocycles. The second-order valence-electron chi connectivity index (χ2n) is 7.39. The zero-order chi connectivity index (χ0) is 19.9. The summed E-state index contributed by atoms with van der Waals surface area (Å²) in [6.07, 6.45) is 12.9. The van der Waals surface area contributed by atoms with E-state index in [1.165, 1.54) is 57.8 Å². The smallest absolute Gasteiger partial charge is 0.119 e. The molecule has 3 heteroatoms. The Morgan fingerprint density at radius 1 is 0.643 bits per heavy atom. The number of nitrogens with zero attached hydrogens (tertiary/aromatic N) is 1. The highest BCUT2D eigenvalue weighted by molar-refractivity contribution is 5.64. The number of benzene rings is 2. The first-order valence-corrected chi connectivity index (χ1v) is 10.8. The molecule has 0 heterocycles. The summed E-state index contributed by atoms with van der Waals surface area (Å²) < 4.78 is 5.86. The van der Waals surface area contributed by atoms with E-state index in [-0.39, 0.29) is 0 Å². The Bertz CT molecular complexity index is 686. The largest absolute Gasteiger partial charge is 0.494 e. The molecule has 3 nitrogen and oxygen atoms in total. The van der Waals surface area contributed by atoms with Crippen molar-refractivity contribution in [1.82, 2.24) is 0 Å². The van der Waals surface area contributed by atoms with E-state index >= 15 is 0 Å². The number of unbranched alkanes of at least 4 members (excludes halogenated alkanes) is 9. The van der Waals surface area contributed by atoms with Gasteiger partial charge in [0.1, 0.15) is 5.75 Å². The third kappa shape index (κ3) is 8.59. The Kier molecular flexibility index (Phi) is 10.8. The fourth-order valence-electron chi connectivity index (χ4n) is 3.33. The molecule has 2 aromatic carbocycles. The normalized spacial score (nSPS) is 10.6. The second-order valence-corrected chi connectivity index (χ2v) is 7.39. The van der Waals surface area contributed by atoms with Gasteiger partial charge in [-0.1, -0.05) is 75.6 Å². The predicted octanol–water partition coefficient (Wildman–Crippen LogP) is 6.46. The number of hydrogen-bond donors (Lipinski definition) is 1. The molecule has 0 atom stereocenters. The Balaban J connectivity index is 1.53. The van der Waals surface area contributed by atoms with Gasteiger partial charge < -0.3 is 10.5 Å². The van der Waals surface area contributed by atoms with Gasteiger partial charge in [0.25, 0.3) is 0 Å². The SMILES string of the molecule is N#Cc1ccc(-c2ccc(OCCCCCCCCCCCCN)cc2)cc1. The van der Waals surface area contributed by atoms with Gasteiger partial charge in [-0.05, 0) is 54.8 Å². The average Bonchev–Trinajstić information content (AvgIpc) is 2.75. The Morgan fingerprint density at radius 2 is 1.11 bits per heavy atom. The van der Waals surface area contributed by atoms with Crippen LogP contribution in [0.1, 0.15) is 69.8 Å². The summed E-state index contributed by atoms with van der Waals surface area (Å²) >= 11 is 0. The van der Waals surface area contributed by atoms with Crippen LogP contribution >= 0.6 is 0 Å². The van der Waals surface area contributed by atoms with Gasteiger partial charge in [-0.25, -0.2) is 0 Å². The van der Waals surface area contributed by atoms with Gasteiger partial charge in [-0.2, -0.15) is 5.26 Å². The molecule has 0 aliphatic heterocycles. The van der Waals surface area contributed by atoms with Crippen molar-refractivity contribution in [3.05, 3.63) is 54.1 Å². The number of hydrogen-bond acceptors (Lipinski definition) is 3. The highest BCUT2D eigenvalue weighted by atomic mass is 16.5. The van der Waals surface area contributed by atoms with Crippen molar-refractivity contribution < 1.29 is 4.74 Å². The van der Waals surface area contributed by atoms with Crippen molar-refractivity contribution in [1.29, 1.82) is 5.26 Å². The summed E-state index contributed by atoms with van der Waals surface area (Å²) in [4.78, 5) is 0. The molecule has 0 aromatic heterocycles. The fourth-order valence-corrected chi connectivity index (χ4v) is 3.33. The minimum atomic E-state index is 0.686. The lowest BCUT2D eigenvalue weighted by Crippen LogP contribution is -1.97. The van der Waals surface area contributed by atoms with Gasteiger partial charge in [0.15, 0.2) is 0 Å². The minimum absolute atomic E-state index is 0.686. The first kappa shape index (κ1) is 22.0. The second kappa shape index (κ2) is 13.8. The first-order chi connectivity index (χ1) is 13.8. The van der Waals surface area contributed by atoms with Crippen LogP contribution in [-0.2, 0) is 0 Å².